The molecule has 2 saturated heterocycles. The van der Waals surface area contributed by atoms with E-state index >= 15 is 0 Å². The number of carbonyl (C=O) groups is 3. The van der Waals surface area contributed by atoms with Crippen LogP contribution in [0.15, 0.2) is 18.2 Å². The molecule has 0 aliphatic carbocycles. The molecule has 0 spiro atoms. The van der Waals surface area contributed by atoms with Crippen molar-refractivity contribution in [2.24, 2.45) is 0 Å². The smallest absolute Gasteiger partial charge is 0.255 e. The van der Waals surface area contributed by atoms with Crippen molar-refractivity contribution in [1.29, 1.82) is 0 Å². The maximum Gasteiger partial charge on any atom is 0.255 e. The van der Waals surface area contributed by atoms with E-state index in [-0.39, 0.29) is 24.3 Å². The van der Waals surface area contributed by atoms with E-state index in [0.29, 0.717) is 31.6 Å². The first-order valence-electron chi connectivity index (χ1n) is 9.41. The SMILES string of the molecule is O=C1CCC(N2Cc3ccc(CNC4CCNCC4O)cc3C2=O)C(=O)N1. The van der Waals surface area contributed by atoms with Gasteiger partial charge in [-0.3, -0.25) is 19.7 Å². The second-order valence-electron chi connectivity index (χ2n) is 7.44. The lowest BCUT2D eigenvalue weighted by Crippen LogP contribution is -2.52. The molecule has 1 aromatic rings. The molecule has 3 unspecified atom stereocenters. The molecule has 0 bridgehead atoms. The molecule has 4 rings (SSSR count). The molecule has 3 heterocycles. The average molecular weight is 372 g/mol. The van der Waals surface area contributed by atoms with Gasteiger partial charge in [0.15, 0.2) is 0 Å². The lowest BCUT2D eigenvalue weighted by molar-refractivity contribution is -0.136. The summed E-state index contributed by atoms with van der Waals surface area (Å²) >= 11 is 0. The highest BCUT2D eigenvalue weighted by Crippen LogP contribution is 2.28. The summed E-state index contributed by atoms with van der Waals surface area (Å²) in [4.78, 5) is 37.8. The number of hydrogen-bond acceptors (Lipinski definition) is 6. The van der Waals surface area contributed by atoms with E-state index in [2.05, 4.69) is 16.0 Å². The van der Waals surface area contributed by atoms with Crippen molar-refractivity contribution < 1.29 is 19.5 Å². The fourth-order valence-electron chi connectivity index (χ4n) is 4.04. The normalized spacial score (nSPS) is 28.3. The Bertz CT molecular complexity index is 781. The van der Waals surface area contributed by atoms with Crippen LogP contribution >= 0.6 is 0 Å². The molecule has 8 heteroatoms. The molecule has 3 aliphatic heterocycles. The Morgan fingerprint density at radius 1 is 1.22 bits per heavy atom. The Morgan fingerprint density at radius 3 is 2.85 bits per heavy atom. The highest BCUT2D eigenvalue weighted by atomic mass is 16.3. The van der Waals surface area contributed by atoms with E-state index in [0.717, 1.165) is 24.1 Å². The molecular formula is C19H24N4O4. The summed E-state index contributed by atoms with van der Waals surface area (Å²) in [7, 11) is 0. The van der Waals surface area contributed by atoms with Crippen LogP contribution in [0.2, 0.25) is 0 Å². The monoisotopic (exact) mass is 372 g/mol. The zero-order valence-corrected chi connectivity index (χ0v) is 15.0. The number of nitrogens with one attached hydrogen (secondary N) is 3. The lowest BCUT2D eigenvalue weighted by atomic mass is 10.0. The highest BCUT2D eigenvalue weighted by molar-refractivity contribution is 6.05. The second kappa shape index (κ2) is 7.38. The Kier molecular flexibility index (Phi) is 4.94. The Balaban J connectivity index is 1.43. The van der Waals surface area contributed by atoms with Gasteiger partial charge in [-0.2, -0.15) is 0 Å². The molecule has 2 fully saturated rings. The van der Waals surface area contributed by atoms with Crippen molar-refractivity contribution >= 4 is 17.7 Å². The Hall–Kier alpha value is -2.29. The van der Waals surface area contributed by atoms with Crippen LogP contribution in [0.1, 0.15) is 40.7 Å². The average Bonchev–Trinajstić information content (AvgIpc) is 2.97. The molecule has 144 valence electrons. The highest BCUT2D eigenvalue weighted by Gasteiger charge is 2.39. The summed E-state index contributed by atoms with van der Waals surface area (Å²) in [5.74, 6) is -0.841. The van der Waals surface area contributed by atoms with Crippen molar-refractivity contribution in [3.05, 3.63) is 34.9 Å². The van der Waals surface area contributed by atoms with Crippen LogP contribution in [-0.4, -0.2) is 59.0 Å². The van der Waals surface area contributed by atoms with Gasteiger partial charge in [-0.05, 0) is 36.6 Å². The minimum Gasteiger partial charge on any atom is -0.390 e. The number of aliphatic hydroxyl groups is 1. The minimum atomic E-state index is -0.589. The van der Waals surface area contributed by atoms with E-state index in [4.69, 9.17) is 0 Å². The van der Waals surface area contributed by atoms with Crippen molar-refractivity contribution in [1.82, 2.24) is 20.9 Å². The largest absolute Gasteiger partial charge is 0.390 e. The second-order valence-corrected chi connectivity index (χ2v) is 7.44. The topological polar surface area (TPSA) is 111 Å². The summed E-state index contributed by atoms with van der Waals surface area (Å²) in [6.45, 7) is 2.42. The van der Waals surface area contributed by atoms with Crippen LogP contribution in [0.5, 0.6) is 0 Å². The van der Waals surface area contributed by atoms with Crippen LogP contribution in [0.3, 0.4) is 0 Å². The van der Waals surface area contributed by atoms with Crippen LogP contribution < -0.4 is 16.0 Å². The van der Waals surface area contributed by atoms with Crippen LogP contribution in [0.4, 0.5) is 0 Å². The number of imide groups is 1. The number of carbonyl (C=O) groups excluding carboxylic acids is 3. The molecule has 0 saturated carbocycles. The van der Waals surface area contributed by atoms with E-state index in [1.54, 1.807) is 4.90 Å². The zero-order chi connectivity index (χ0) is 19.0. The summed E-state index contributed by atoms with van der Waals surface area (Å²) in [6, 6.07) is 5.21. The lowest BCUT2D eigenvalue weighted by Gasteiger charge is -2.29. The van der Waals surface area contributed by atoms with Gasteiger partial charge >= 0.3 is 0 Å². The van der Waals surface area contributed by atoms with Gasteiger partial charge in [0.05, 0.1) is 6.10 Å². The third-order valence-electron chi connectivity index (χ3n) is 5.61. The number of benzene rings is 1. The van der Waals surface area contributed by atoms with E-state index in [1.165, 1.54) is 0 Å². The molecule has 3 amide bonds. The first-order chi connectivity index (χ1) is 13.0. The standard InChI is InChI=1S/C19H24N4O4/c24-16-9-20-6-5-14(16)21-8-11-1-2-12-10-23(19(27)13(12)7-11)15-3-4-17(25)22-18(15)26/h1-2,7,14-16,20-21,24H,3-6,8-10H2,(H,22,25,26). The number of hydrogen-bond donors (Lipinski definition) is 4. The molecule has 3 atom stereocenters. The van der Waals surface area contributed by atoms with Crippen LogP contribution in [0, 0.1) is 0 Å². The van der Waals surface area contributed by atoms with Crippen LogP contribution in [-0.2, 0) is 22.7 Å². The molecule has 3 aliphatic rings. The van der Waals surface area contributed by atoms with Gasteiger partial charge in [-0.25, -0.2) is 0 Å². The third kappa shape index (κ3) is 3.60. The number of fused-ring (bicyclic) bond motifs is 1. The predicted molar refractivity (Wildman–Crippen MR) is 96.6 cm³/mol. The minimum absolute atomic E-state index is 0.0372. The van der Waals surface area contributed by atoms with Gasteiger partial charge in [0.1, 0.15) is 6.04 Å². The van der Waals surface area contributed by atoms with Crippen LogP contribution in [0.25, 0.3) is 0 Å². The molecule has 27 heavy (non-hydrogen) atoms. The molecule has 1 aromatic carbocycles. The fourth-order valence-corrected chi connectivity index (χ4v) is 4.04. The summed E-state index contributed by atoms with van der Waals surface area (Å²) in [5, 5.41) is 18.8. The maximum absolute atomic E-state index is 12.8. The summed E-state index contributed by atoms with van der Waals surface area (Å²) in [6.07, 6.45) is 1.06. The first-order valence-corrected chi connectivity index (χ1v) is 9.41. The Morgan fingerprint density at radius 2 is 2.07 bits per heavy atom. The van der Waals surface area contributed by atoms with Gasteiger partial charge in [0.25, 0.3) is 5.91 Å². The molecule has 0 aromatic heterocycles. The van der Waals surface area contributed by atoms with Crippen molar-refractivity contribution in [3.63, 3.8) is 0 Å². The number of rotatable bonds is 4. The van der Waals surface area contributed by atoms with E-state index in [9.17, 15) is 19.5 Å². The van der Waals surface area contributed by atoms with Crippen molar-refractivity contribution in [2.45, 2.75) is 50.5 Å². The zero-order valence-electron chi connectivity index (χ0n) is 15.0. The van der Waals surface area contributed by atoms with Crippen molar-refractivity contribution in [3.8, 4) is 0 Å². The summed E-state index contributed by atoms with van der Waals surface area (Å²) in [5.41, 5.74) is 2.48. The third-order valence-corrected chi connectivity index (χ3v) is 5.61. The number of amides is 3. The van der Waals surface area contributed by atoms with Gasteiger partial charge in [0.2, 0.25) is 11.8 Å². The fraction of sp³-hybridized carbons (Fsp3) is 0.526. The predicted octanol–water partition coefficient (Wildman–Crippen LogP) is -0.740. The van der Waals surface area contributed by atoms with Gasteiger partial charge in [0, 0.05) is 37.7 Å². The number of β-amino-alcohol motifs (C(OH)–C–C–N with tert-alkyl or cyclic N) is 1. The number of aliphatic hydroxyl groups excluding tert-OH is 1. The van der Waals surface area contributed by atoms with E-state index < -0.39 is 18.1 Å². The maximum atomic E-state index is 12.8. The Labute approximate surface area is 157 Å². The quantitative estimate of drug-likeness (QED) is 0.518. The molecule has 4 N–H and O–H groups in total. The molecular weight excluding hydrogens is 348 g/mol. The van der Waals surface area contributed by atoms with Crippen molar-refractivity contribution in [2.75, 3.05) is 13.1 Å². The first kappa shape index (κ1) is 18.1. The molecule has 0 radical (unpaired) electrons. The van der Waals surface area contributed by atoms with Gasteiger partial charge in [-0.15, -0.1) is 0 Å². The number of nitrogens with zero attached hydrogens (tertiary/aromatic N) is 1. The van der Waals surface area contributed by atoms with E-state index in [1.807, 2.05) is 18.2 Å². The number of piperidine rings is 2. The summed E-state index contributed by atoms with van der Waals surface area (Å²) < 4.78 is 0. The van der Waals surface area contributed by atoms with Gasteiger partial charge < -0.3 is 20.6 Å². The van der Waals surface area contributed by atoms with Gasteiger partial charge in [-0.1, -0.05) is 12.1 Å². The molecule has 8 nitrogen and oxygen atoms in total.